The molecule has 0 aromatic heterocycles. The SMILES string of the molecule is Cc1ccc(NC(=O)C(c2ccccc2)N2CCCC(C(=O)O)C2)cc1Cl. The largest absolute Gasteiger partial charge is 0.481 e. The Labute approximate surface area is 163 Å². The first-order valence-electron chi connectivity index (χ1n) is 9.04. The highest BCUT2D eigenvalue weighted by Gasteiger charge is 2.34. The predicted molar refractivity (Wildman–Crippen MR) is 106 cm³/mol. The smallest absolute Gasteiger partial charge is 0.307 e. The molecule has 1 amide bonds. The molecule has 2 aromatic rings. The van der Waals surface area contributed by atoms with Crippen molar-refractivity contribution in [2.24, 2.45) is 5.92 Å². The Bertz CT molecular complexity index is 825. The Morgan fingerprint density at radius 3 is 2.63 bits per heavy atom. The van der Waals surface area contributed by atoms with Crippen LogP contribution in [0.4, 0.5) is 5.69 Å². The van der Waals surface area contributed by atoms with Crippen molar-refractivity contribution in [2.75, 3.05) is 18.4 Å². The van der Waals surface area contributed by atoms with Crippen LogP contribution in [0.1, 0.15) is 30.0 Å². The van der Waals surface area contributed by atoms with Gasteiger partial charge < -0.3 is 10.4 Å². The molecular formula is C21H23ClN2O3. The first-order valence-corrected chi connectivity index (χ1v) is 9.42. The fraction of sp³-hybridized carbons (Fsp3) is 0.333. The second kappa shape index (κ2) is 8.55. The average molecular weight is 387 g/mol. The monoisotopic (exact) mass is 386 g/mol. The van der Waals surface area contributed by atoms with Gasteiger partial charge in [-0.2, -0.15) is 0 Å². The summed E-state index contributed by atoms with van der Waals surface area (Å²) in [5.74, 6) is -1.45. The molecule has 2 N–H and O–H groups in total. The number of carboxylic acid groups (broad SMARTS) is 1. The summed E-state index contributed by atoms with van der Waals surface area (Å²) in [6.07, 6.45) is 1.40. The molecule has 3 rings (SSSR count). The molecule has 1 aliphatic heterocycles. The number of amides is 1. The van der Waals surface area contributed by atoms with E-state index in [1.54, 1.807) is 6.07 Å². The van der Waals surface area contributed by atoms with Crippen LogP contribution in [0.2, 0.25) is 5.02 Å². The normalized spacial score (nSPS) is 18.7. The van der Waals surface area contributed by atoms with Gasteiger partial charge in [-0.3, -0.25) is 14.5 Å². The Hall–Kier alpha value is -2.37. The van der Waals surface area contributed by atoms with E-state index >= 15 is 0 Å². The van der Waals surface area contributed by atoms with Crippen molar-refractivity contribution < 1.29 is 14.7 Å². The van der Waals surface area contributed by atoms with Crippen molar-refractivity contribution in [3.8, 4) is 0 Å². The number of halogens is 1. The molecule has 6 heteroatoms. The minimum absolute atomic E-state index is 0.188. The van der Waals surface area contributed by atoms with E-state index in [2.05, 4.69) is 5.32 Å². The lowest BCUT2D eigenvalue weighted by atomic mass is 9.94. The number of rotatable bonds is 5. The molecule has 1 aliphatic rings. The molecule has 0 spiro atoms. The number of nitrogens with one attached hydrogen (secondary N) is 1. The van der Waals surface area contributed by atoms with E-state index in [4.69, 9.17) is 11.6 Å². The first kappa shape index (κ1) is 19.4. The third-order valence-corrected chi connectivity index (χ3v) is 5.38. The molecule has 0 bridgehead atoms. The van der Waals surface area contributed by atoms with E-state index in [1.807, 2.05) is 54.3 Å². The van der Waals surface area contributed by atoms with Gasteiger partial charge in [-0.25, -0.2) is 0 Å². The van der Waals surface area contributed by atoms with Gasteiger partial charge in [-0.15, -0.1) is 0 Å². The third kappa shape index (κ3) is 4.67. The predicted octanol–water partition coefficient (Wildman–Crippen LogP) is 4.12. The summed E-state index contributed by atoms with van der Waals surface area (Å²) in [4.78, 5) is 26.6. The van der Waals surface area contributed by atoms with Crippen molar-refractivity contribution in [2.45, 2.75) is 25.8 Å². The van der Waals surface area contributed by atoms with Crippen LogP contribution in [0.5, 0.6) is 0 Å². The van der Waals surface area contributed by atoms with E-state index in [0.29, 0.717) is 30.2 Å². The van der Waals surface area contributed by atoms with Crippen LogP contribution in [0.3, 0.4) is 0 Å². The maximum atomic E-state index is 13.1. The minimum atomic E-state index is -0.808. The zero-order chi connectivity index (χ0) is 19.4. The van der Waals surface area contributed by atoms with Crippen LogP contribution in [0.15, 0.2) is 48.5 Å². The van der Waals surface area contributed by atoms with Gasteiger partial charge in [0, 0.05) is 17.3 Å². The van der Waals surface area contributed by atoms with E-state index < -0.39 is 17.9 Å². The van der Waals surface area contributed by atoms with E-state index in [9.17, 15) is 14.7 Å². The summed E-state index contributed by atoms with van der Waals surface area (Å²) >= 11 is 6.17. The number of aryl methyl sites for hydroxylation is 1. The summed E-state index contributed by atoms with van der Waals surface area (Å²) in [6.45, 7) is 2.95. The lowest BCUT2D eigenvalue weighted by Crippen LogP contribution is -2.45. The Kier molecular flexibility index (Phi) is 6.14. The fourth-order valence-corrected chi connectivity index (χ4v) is 3.67. The van der Waals surface area contributed by atoms with Crippen LogP contribution >= 0.6 is 11.6 Å². The highest BCUT2D eigenvalue weighted by Crippen LogP contribution is 2.29. The van der Waals surface area contributed by atoms with Gasteiger partial charge in [0.15, 0.2) is 0 Å². The van der Waals surface area contributed by atoms with Crippen molar-refractivity contribution >= 4 is 29.2 Å². The van der Waals surface area contributed by atoms with Gasteiger partial charge in [0.2, 0.25) is 5.91 Å². The number of hydrogen-bond donors (Lipinski definition) is 2. The zero-order valence-electron chi connectivity index (χ0n) is 15.2. The average Bonchev–Trinajstić information content (AvgIpc) is 2.66. The molecule has 5 nitrogen and oxygen atoms in total. The molecule has 1 saturated heterocycles. The molecule has 2 aromatic carbocycles. The summed E-state index contributed by atoms with van der Waals surface area (Å²) in [7, 11) is 0. The van der Waals surface area contributed by atoms with E-state index in [1.165, 1.54) is 0 Å². The van der Waals surface area contributed by atoms with Gasteiger partial charge >= 0.3 is 5.97 Å². The van der Waals surface area contributed by atoms with E-state index in [-0.39, 0.29) is 5.91 Å². The molecular weight excluding hydrogens is 364 g/mol. The Balaban J connectivity index is 1.86. The quantitative estimate of drug-likeness (QED) is 0.810. The first-order chi connectivity index (χ1) is 13.0. The van der Waals surface area contributed by atoms with Crippen LogP contribution in [0, 0.1) is 12.8 Å². The number of anilines is 1. The molecule has 27 heavy (non-hydrogen) atoms. The lowest BCUT2D eigenvalue weighted by molar-refractivity contribution is -0.144. The van der Waals surface area contributed by atoms with Crippen molar-refractivity contribution in [1.82, 2.24) is 4.90 Å². The molecule has 0 radical (unpaired) electrons. The highest BCUT2D eigenvalue weighted by atomic mass is 35.5. The van der Waals surface area contributed by atoms with Gasteiger partial charge in [0.1, 0.15) is 6.04 Å². The second-order valence-corrected chi connectivity index (χ2v) is 7.35. The number of carbonyl (C=O) groups is 2. The van der Waals surface area contributed by atoms with Crippen molar-refractivity contribution in [3.63, 3.8) is 0 Å². The van der Waals surface area contributed by atoms with Gasteiger partial charge in [0.25, 0.3) is 0 Å². The lowest BCUT2D eigenvalue weighted by Gasteiger charge is -2.36. The zero-order valence-corrected chi connectivity index (χ0v) is 15.9. The third-order valence-electron chi connectivity index (χ3n) is 4.97. The molecule has 1 fully saturated rings. The highest BCUT2D eigenvalue weighted by molar-refractivity contribution is 6.31. The van der Waals surface area contributed by atoms with Gasteiger partial charge in [-0.1, -0.05) is 48.0 Å². The summed E-state index contributed by atoms with van der Waals surface area (Å²) in [5.41, 5.74) is 2.41. The topological polar surface area (TPSA) is 69.6 Å². The van der Waals surface area contributed by atoms with Crippen molar-refractivity contribution in [1.29, 1.82) is 0 Å². The number of piperidine rings is 1. The Morgan fingerprint density at radius 1 is 1.22 bits per heavy atom. The van der Waals surface area contributed by atoms with Crippen LogP contribution in [0.25, 0.3) is 0 Å². The fourth-order valence-electron chi connectivity index (χ4n) is 3.49. The number of hydrogen-bond acceptors (Lipinski definition) is 3. The van der Waals surface area contributed by atoms with E-state index in [0.717, 1.165) is 17.5 Å². The summed E-state index contributed by atoms with van der Waals surface area (Å²) < 4.78 is 0. The number of nitrogens with zero attached hydrogens (tertiary/aromatic N) is 1. The number of benzene rings is 2. The molecule has 1 heterocycles. The molecule has 142 valence electrons. The molecule has 2 atom stereocenters. The summed E-state index contributed by atoms with van der Waals surface area (Å²) in [6, 6.07) is 14.3. The molecule has 2 unspecified atom stereocenters. The van der Waals surface area contributed by atoms with Crippen LogP contribution in [-0.4, -0.2) is 35.0 Å². The maximum absolute atomic E-state index is 13.1. The maximum Gasteiger partial charge on any atom is 0.307 e. The number of carboxylic acids is 1. The van der Waals surface area contributed by atoms with Crippen LogP contribution in [-0.2, 0) is 9.59 Å². The number of likely N-dealkylation sites (tertiary alicyclic amines) is 1. The summed E-state index contributed by atoms with van der Waals surface area (Å²) in [5, 5.41) is 12.9. The molecule has 0 aliphatic carbocycles. The van der Waals surface area contributed by atoms with Gasteiger partial charge in [-0.05, 0) is 49.6 Å². The van der Waals surface area contributed by atoms with Crippen LogP contribution < -0.4 is 5.32 Å². The Morgan fingerprint density at radius 2 is 1.96 bits per heavy atom. The minimum Gasteiger partial charge on any atom is -0.481 e. The number of carbonyl (C=O) groups excluding carboxylic acids is 1. The second-order valence-electron chi connectivity index (χ2n) is 6.94. The molecule has 0 saturated carbocycles. The van der Waals surface area contributed by atoms with Gasteiger partial charge in [0.05, 0.1) is 5.92 Å². The number of aliphatic carboxylic acids is 1. The van der Waals surface area contributed by atoms with Crippen molar-refractivity contribution in [3.05, 3.63) is 64.7 Å². The standard InChI is InChI=1S/C21H23ClN2O3/c1-14-9-10-17(12-18(14)22)23-20(25)19(15-6-3-2-4-7-15)24-11-5-8-16(13-24)21(26)27/h2-4,6-7,9-10,12,16,19H,5,8,11,13H2,1H3,(H,23,25)(H,26,27).